The van der Waals surface area contributed by atoms with Crippen LogP contribution in [0.5, 0.6) is 0 Å². The minimum absolute atomic E-state index is 0.287. The molecule has 0 spiro atoms. The molecule has 0 atom stereocenters. The van der Waals surface area contributed by atoms with Gasteiger partial charge in [0.05, 0.1) is 0 Å². The van der Waals surface area contributed by atoms with Gasteiger partial charge in [0.1, 0.15) is 5.69 Å². The molecule has 58 valence electrons. The van der Waals surface area contributed by atoms with Gasteiger partial charge in [0, 0.05) is 10.7 Å². The number of nitrogen functional groups attached to an aromatic ring is 1. The number of halogens is 1. The van der Waals surface area contributed by atoms with Gasteiger partial charge in [0.25, 0.3) is 5.91 Å². The normalized spacial score (nSPS) is 9.27. The molecule has 0 saturated carbocycles. The van der Waals surface area contributed by atoms with E-state index in [-0.39, 0.29) is 5.69 Å². The fraction of sp³-hybridized carbons (Fsp3) is 0. The van der Waals surface area contributed by atoms with Crippen molar-refractivity contribution in [3.8, 4) is 0 Å². The lowest BCUT2D eigenvalue weighted by molar-refractivity contribution is 0.0948. The topological polar surface area (TPSA) is 68.0 Å². The van der Waals surface area contributed by atoms with Gasteiger partial charge in [-0.3, -0.25) is 10.2 Å². The first-order valence-corrected chi connectivity index (χ1v) is 3.66. The Morgan fingerprint density at radius 2 is 2.45 bits per heavy atom. The summed E-state index contributed by atoms with van der Waals surface area (Å²) in [6.45, 7) is 0. The summed E-state index contributed by atoms with van der Waals surface area (Å²) in [6, 6.07) is 3.44. The van der Waals surface area contributed by atoms with Gasteiger partial charge < -0.3 is 0 Å². The van der Waals surface area contributed by atoms with E-state index in [0.29, 0.717) is 4.47 Å². The number of carbonyl (C=O) groups excluding carboxylic acids is 1. The van der Waals surface area contributed by atoms with Crippen LogP contribution in [-0.2, 0) is 0 Å². The van der Waals surface area contributed by atoms with Crippen molar-refractivity contribution >= 4 is 21.8 Å². The van der Waals surface area contributed by atoms with Crippen molar-refractivity contribution < 1.29 is 4.79 Å². The summed E-state index contributed by atoms with van der Waals surface area (Å²) in [4.78, 5) is 14.7. The summed E-state index contributed by atoms with van der Waals surface area (Å²) < 4.78 is 0.628. The van der Waals surface area contributed by atoms with Gasteiger partial charge >= 0.3 is 0 Å². The van der Waals surface area contributed by atoms with Crippen molar-refractivity contribution in [2.24, 2.45) is 5.84 Å². The third kappa shape index (κ3) is 1.75. The molecule has 4 nitrogen and oxygen atoms in total. The fourth-order valence-electron chi connectivity index (χ4n) is 0.621. The van der Waals surface area contributed by atoms with Crippen molar-refractivity contribution in [3.05, 3.63) is 28.5 Å². The van der Waals surface area contributed by atoms with Crippen molar-refractivity contribution in [1.29, 1.82) is 0 Å². The highest BCUT2D eigenvalue weighted by atomic mass is 79.9. The third-order valence-corrected chi connectivity index (χ3v) is 1.74. The van der Waals surface area contributed by atoms with Crippen LogP contribution in [0.2, 0.25) is 0 Å². The van der Waals surface area contributed by atoms with Crippen LogP contribution >= 0.6 is 15.9 Å². The predicted molar refractivity (Wildman–Crippen MR) is 43.6 cm³/mol. The summed E-state index contributed by atoms with van der Waals surface area (Å²) >= 11 is 3.16. The van der Waals surface area contributed by atoms with Gasteiger partial charge in [0.15, 0.2) is 0 Å². The van der Waals surface area contributed by atoms with Crippen LogP contribution in [0.4, 0.5) is 0 Å². The number of nitrogens with one attached hydrogen (secondary N) is 1. The van der Waals surface area contributed by atoms with Crippen molar-refractivity contribution in [1.82, 2.24) is 10.4 Å². The average Bonchev–Trinajstić information content (AvgIpc) is 2.04. The van der Waals surface area contributed by atoms with E-state index in [0.717, 1.165) is 0 Å². The van der Waals surface area contributed by atoms with Gasteiger partial charge in [-0.25, -0.2) is 10.8 Å². The second kappa shape index (κ2) is 3.45. The van der Waals surface area contributed by atoms with Crippen LogP contribution in [0.15, 0.2) is 22.8 Å². The molecule has 1 aromatic rings. The van der Waals surface area contributed by atoms with Crippen molar-refractivity contribution in [2.45, 2.75) is 0 Å². The molecule has 0 aliphatic carbocycles. The molecule has 0 aliphatic rings. The molecule has 1 rings (SSSR count). The van der Waals surface area contributed by atoms with E-state index in [2.05, 4.69) is 20.9 Å². The molecule has 1 heterocycles. The number of amides is 1. The number of hydrazine groups is 1. The van der Waals surface area contributed by atoms with Gasteiger partial charge in [-0.1, -0.05) is 0 Å². The number of nitrogens with zero attached hydrogens (tertiary/aromatic N) is 1. The lowest BCUT2D eigenvalue weighted by Gasteiger charge is -1.99. The molecule has 0 bridgehead atoms. The van der Waals surface area contributed by atoms with Crippen LogP contribution in [0.1, 0.15) is 10.5 Å². The quantitative estimate of drug-likeness (QED) is 0.406. The molecule has 1 amide bonds. The highest BCUT2D eigenvalue weighted by molar-refractivity contribution is 9.10. The molecule has 0 saturated heterocycles. The first kappa shape index (κ1) is 8.16. The second-order valence-electron chi connectivity index (χ2n) is 1.81. The highest BCUT2D eigenvalue weighted by Crippen LogP contribution is 2.12. The van der Waals surface area contributed by atoms with Crippen molar-refractivity contribution in [3.63, 3.8) is 0 Å². The minimum atomic E-state index is -0.405. The lowest BCUT2D eigenvalue weighted by Crippen LogP contribution is -2.30. The second-order valence-corrected chi connectivity index (χ2v) is 2.66. The molecule has 0 aromatic carbocycles. The number of rotatable bonds is 1. The molecule has 5 heteroatoms. The summed E-state index contributed by atoms with van der Waals surface area (Å²) in [6.07, 6.45) is 1.52. The van der Waals surface area contributed by atoms with Crippen LogP contribution in [0, 0.1) is 0 Å². The summed E-state index contributed by atoms with van der Waals surface area (Å²) in [5.74, 6) is 4.51. The summed E-state index contributed by atoms with van der Waals surface area (Å²) in [5, 5.41) is 0. The number of aromatic nitrogens is 1. The molecule has 0 unspecified atom stereocenters. The van der Waals surface area contributed by atoms with Gasteiger partial charge in [-0.15, -0.1) is 0 Å². The molecule has 3 N–H and O–H groups in total. The fourth-order valence-corrected chi connectivity index (χ4v) is 1.06. The molecule has 0 fully saturated rings. The Morgan fingerprint density at radius 1 is 1.73 bits per heavy atom. The van der Waals surface area contributed by atoms with Crippen LogP contribution in [-0.4, -0.2) is 10.9 Å². The van der Waals surface area contributed by atoms with Crippen molar-refractivity contribution in [2.75, 3.05) is 0 Å². The Labute approximate surface area is 71.9 Å². The zero-order valence-corrected chi connectivity index (χ0v) is 7.13. The molecule has 0 aliphatic heterocycles. The first-order chi connectivity index (χ1) is 5.25. The molecular weight excluding hydrogens is 210 g/mol. The molecule has 11 heavy (non-hydrogen) atoms. The minimum Gasteiger partial charge on any atom is -0.289 e. The maximum atomic E-state index is 10.9. The van der Waals surface area contributed by atoms with E-state index in [4.69, 9.17) is 5.84 Å². The Balaban J connectivity index is 3.03. The zero-order valence-electron chi connectivity index (χ0n) is 5.54. The Kier molecular flexibility index (Phi) is 2.56. The number of carbonyl (C=O) groups is 1. The molecule has 0 radical (unpaired) electrons. The maximum Gasteiger partial charge on any atom is 0.284 e. The SMILES string of the molecule is NNC(=O)c1ncccc1Br. The van der Waals surface area contributed by atoms with E-state index >= 15 is 0 Å². The van der Waals surface area contributed by atoms with E-state index in [1.54, 1.807) is 12.1 Å². The smallest absolute Gasteiger partial charge is 0.284 e. The third-order valence-electron chi connectivity index (χ3n) is 1.10. The van der Waals surface area contributed by atoms with Crippen LogP contribution in [0.25, 0.3) is 0 Å². The number of hydrogen-bond acceptors (Lipinski definition) is 3. The lowest BCUT2D eigenvalue weighted by atomic mass is 10.3. The van der Waals surface area contributed by atoms with Gasteiger partial charge in [-0.2, -0.15) is 0 Å². The first-order valence-electron chi connectivity index (χ1n) is 2.87. The summed E-state index contributed by atoms with van der Waals surface area (Å²) in [7, 11) is 0. The predicted octanol–water partition coefficient (Wildman–Crippen LogP) is 0.448. The average molecular weight is 216 g/mol. The van der Waals surface area contributed by atoms with E-state index in [9.17, 15) is 4.79 Å². The van der Waals surface area contributed by atoms with Crippen LogP contribution < -0.4 is 11.3 Å². The highest BCUT2D eigenvalue weighted by Gasteiger charge is 2.07. The van der Waals surface area contributed by atoms with E-state index in [1.165, 1.54) is 6.20 Å². The summed E-state index contributed by atoms with van der Waals surface area (Å²) in [5.41, 5.74) is 2.28. The van der Waals surface area contributed by atoms with Gasteiger partial charge in [0.2, 0.25) is 0 Å². The van der Waals surface area contributed by atoms with Gasteiger partial charge in [-0.05, 0) is 28.1 Å². The Hall–Kier alpha value is -0.940. The van der Waals surface area contributed by atoms with E-state index in [1.807, 2.05) is 5.43 Å². The molecule has 1 aromatic heterocycles. The molecular formula is C6H6BrN3O. The number of nitrogens with two attached hydrogens (primary N) is 1. The number of pyridine rings is 1. The maximum absolute atomic E-state index is 10.9. The standard InChI is InChI=1S/C6H6BrN3O/c7-4-2-1-3-9-5(4)6(11)10-8/h1-3H,8H2,(H,10,11). The largest absolute Gasteiger partial charge is 0.289 e. The Bertz CT molecular complexity index is 276. The van der Waals surface area contributed by atoms with E-state index < -0.39 is 5.91 Å². The van der Waals surface area contributed by atoms with Crippen LogP contribution in [0.3, 0.4) is 0 Å². The Morgan fingerprint density at radius 3 is 3.00 bits per heavy atom. The monoisotopic (exact) mass is 215 g/mol. The zero-order chi connectivity index (χ0) is 8.27. The number of hydrogen-bond donors (Lipinski definition) is 2.